The van der Waals surface area contributed by atoms with Crippen LogP contribution in [-0.2, 0) is 13.5 Å². The van der Waals surface area contributed by atoms with Gasteiger partial charge in [-0.05, 0) is 42.7 Å². The number of carbonyl (C=O) groups excluding carboxylic acids is 3. The summed E-state index contributed by atoms with van der Waals surface area (Å²) in [6, 6.07) is 22.8. The van der Waals surface area contributed by atoms with E-state index in [0.717, 1.165) is 34.1 Å². The monoisotopic (exact) mass is 477 g/mol. The minimum atomic E-state index is -0.269. The Balaban J connectivity index is 1.34. The number of Topliss-reactive ketones (excluding diaryl/α,β-unsaturated/α-hetero) is 1. The van der Waals surface area contributed by atoms with E-state index in [9.17, 15) is 14.4 Å². The first-order valence-corrected chi connectivity index (χ1v) is 12.3. The van der Waals surface area contributed by atoms with Crippen molar-refractivity contribution in [3.63, 3.8) is 0 Å². The molecule has 6 nitrogen and oxygen atoms in total. The van der Waals surface area contributed by atoms with Crippen LogP contribution in [0, 0.1) is 6.92 Å². The van der Waals surface area contributed by atoms with E-state index in [1.165, 1.54) is 10.5 Å². The average Bonchev–Trinajstić information content (AvgIpc) is 3.30. The first-order chi connectivity index (χ1) is 17.5. The van der Waals surface area contributed by atoms with Gasteiger partial charge in [-0.15, -0.1) is 0 Å². The highest BCUT2D eigenvalue weighted by Gasteiger charge is 2.39. The Bertz CT molecular complexity index is 1520. The van der Waals surface area contributed by atoms with Gasteiger partial charge in [0.2, 0.25) is 0 Å². The summed E-state index contributed by atoms with van der Waals surface area (Å²) in [6.07, 6.45) is 0.816. The number of carbonyl (C=O) groups is 3. The largest absolute Gasteiger partial charge is 0.347 e. The van der Waals surface area contributed by atoms with E-state index >= 15 is 0 Å². The van der Waals surface area contributed by atoms with E-state index in [1.807, 2.05) is 50.4 Å². The van der Waals surface area contributed by atoms with Gasteiger partial charge in [0.15, 0.2) is 5.78 Å². The number of amides is 2. The summed E-state index contributed by atoms with van der Waals surface area (Å²) in [5.41, 5.74) is 5.87. The number of hydrogen-bond donors (Lipinski definition) is 0. The van der Waals surface area contributed by atoms with E-state index in [1.54, 1.807) is 24.3 Å². The maximum atomic E-state index is 13.8. The van der Waals surface area contributed by atoms with E-state index in [0.29, 0.717) is 17.7 Å². The Hall–Kier alpha value is -4.03. The molecule has 0 saturated heterocycles. The highest BCUT2D eigenvalue weighted by Crippen LogP contribution is 2.34. The molecule has 1 atom stereocenters. The molecule has 180 valence electrons. The van der Waals surface area contributed by atoms with E-state index in [2.05, 4.69) is 21.6 Å². The fourth-order valence-electron chi connectivity index (χ4n) is 5.82. The highest BCUT2D eigenvalue weighted by molar-refractivity contribution is 6.21. The van der Waals surface area contributed by atoms with Crippen molar-refractivity contribution >= 4 is 28.5 Å². The SMILES string of the molecule is Cc1c(C(=O)CN2CCc3ccccc3[C@H]2CN2C(=O)c3ccccc3C2=O)c2ccccc2n1C. The predicted octanol–water partition coefficient (Wildman–Crippen LogP) is 4.57. The third-order valence-electron chi connectivity index (χ3n) is 7.78. The van der Waals surface area contributed by atoms with Gasteiger partial charge in [0.05, 0.1) is 23.7 Å². The number of para-hydroxylation sites is 1. The molecule has 0 radical (unpaired) electrons. The van der Waals surface area contributed by atoms with Gasteiger partial charge >= 0.3 is 0 Å². The molecule has 2 amide bonds. The minimum absolute atomic E-state index is 0.0519. The smallest absolute Gasteiger partial charge is 0.261 e. The zero-order valence-corrected chi connectivity index (χ0v) is 20.4. The molecule has 0 fully saturated rings. The lowest BCUT2D eigenvalue weighted by molar-refractivity contribution is 0.0574. The molecule has 1 aromatic heterocycles. The van der Waals surface area contributed by atoms with Crippen molar-refractivity contribution in [2.45, 2.75) is 19.4 Å². The topological polar surface area (TPSA) is 62.6 Å². The molecule has 6 rings (SSSR count). The van der Waals surface area contributed by atoms with Crippen molar-refractivity contribution in [3.8, 4) is 0 Å². The van der Waals surface area contributed by atoms with Crippen LogP contribution in [0.3, 0.4) is 0 Å². The summed E-state index contributed by atoms with van der Waals surface area (Å²) in [4.78, 5) is 43.5. The zero-order chi connectivity index (χ0) is 25.0. The van der Waals surface area contributed by atoms with Gasteiger partial charge in [0, 0.05) is 42.3 Å². The van der Waals surface area contributed by atoms with Crippen molar-refractivity contribution < 1.29 is 14.4 Å². The second-order valence-corrected chi connectivity index (χ2v) is 9.66. The second kappa shape index (κ2) is 8.57. The van der Waals surface area contributed by atoms with Gasteiger partial charge in [-0.25, -0.2) is 0 Å². The molecule has 36 heavy (non-hydrogen) atoms. The maximum Gasteiger partial charge on any atom is 0.261 e. The molecule has 0 spiro atoms. The molecule has 0 saturated carbocycles. The molecule has 0 bridgehead atoms. The summed E-state index contributed by atoms with van der Waals surface area (Å²) >= 11 is 0. The average molecular weight is 478 g/mol. The normalized spacial score (nSPS) is 17.5. The summed E-state index contributed by atoms with van der Waals surface area (Å²) in [7, 11) is 1.98. The number of rotatable bonds is 5. The molecule has 2 aliphatic heterocycles. The van der Waals surface area contributed by atoms with Crippen molar-refractivity contribution in [1.29, 1.82) is 0 Å². The van der Waals surface area contributed by atoms with E-state index in [4.69, 9.17) is 0 Å². The van der Waals surface area contributed by atoms with Crippen LogP contribution in [0.4, 0.5) is 0 Å². The standard InChI is InChI=1S/C30H27N3O3/c1-19-28(24-13-7-8-14-25(24)31(19)2)27(34)18-32-16-15-20-9-3-4-10-21(20)26(32)17-33-29(35)22-11-5-6-12-23(22)30(33)36/h3-14,26H,15-18H2,1-2H3/t26-/m1/s1. The molecule has 3 heterocycles. The van der Waals surface area contributed by atoms with Gasteiger partial charge < -0.3 is 4.57 Å². The number of aryl methyl sites for hydroxylation is 1. The van der Waals surface area contributed by atoms with Crippen LogP contribution < -0.4 is 0 Å². The minimum Gasteiger partial charge on any atom is -0.347 e. The lowest BCUT2D eigenvalue weighted by atomic mass is 9.91. The van der Waals surface area contributed by atoms with Crippen molar-refractivity contribution in [2.24, 2.45) is 7.05 Å². The van der Waals surface area contributed by atoms with Crippen molar-refractivity contribution in [2.75, 3.05) is 19.6 Å². The number of nitrogens with zero attached hydrogens (tertiary/aromatic N) is 3. The fourth-order valence-corrected chi connectivity index (χ4v) is 5.82. The van der Waals surface area contributed by atoms with Gasteiger partial charge in [-0.2, -0.15) is 0 Å². The molecule has 2 aliphatic rings. The van der Waals surface area contributed by atoms with Gasteiger partial charge in [-0.1, -0.05) is 54.6 Å². The number of ketones is 1. The Morgan fingerprint density at radius 3 is 2.28 bits per heavy atom. The van der Waals surface area contributed by atoms with Crippen LogP contribution in [0.2, 0.25) is 0 Å². The van der Waals surface area contributed by atoms with Crippen LogP contribution in [-0.4, -0.2) is 51.6 Å². The second-order valence-electron chi connectivity index (χ2n) is 9.66. The van der Waals surface area contributed by atoms with E-state index in [-0.39, 0.29) is 36.7 Å². The molecule has 0 N–H and O–H groups in total. The lowest BCUT2D eigenvalue weighted by Gasteiger charge is -2.38. The lowest BCUT2D eigenvalue weighted by Crippen LogP contribution is -2.45. The summed E-state index contributed by atoms with van der Waals surface area (Å²) in [6.45, 7) is 3.09. The van der Waals surface area contributed by atoms with Gasteiger partial charge in [-0.3, -0.25) is 24.2 Å². The van der Waals surface area contributed by atoms with Crippen LogP contribution in [0.15, 0.2) is 72.8 Å². The molecule has 3 aromatic carbocycles. The number of imide groups is 1. The number of hydrogen-bond acceptors (Lipinski definition) is 4. The number of benzene rings is 3. The Kier molecular flexibility index (Phi) is 5.34. The quantitative estimate of drug-likeness (QED) is 0.312. The highest BCUT2D eigenvalue weighted by atomic mass is 16.2. The Morgan fingerprint density at radius 1 is 0.889 bits per heavy atom. The third-order valence-corrected chi connectivity index (χ3v) is 7.78. The molecule has 0 aliphatic carbocycles. The molecule has 4 aromatic rings. The fraction of sp³-hybridized carbons (Fsp3) is 0.233. The van der Waals surface area contributed by atoms with E-state index < -0.39 is 0 Å². The molecular formula is C30H27N3O3. The predicted molar refractivity (Wildman–Crippen MR) is 138 cm³/mol. The third kappa shape index (κ3) is 3.40. The van der Waals surface area contributed by atoms with Crippen molar-refractivity contribution in [1.82, 2.24) is 14.4 Å². The Labute approximate surface area is 209 Å². The maximum absolute atomic E-state index is 13.8. The first-order valence-electron chi connectivity index (χ1n) is 12.3. The van der Waals surface area contributed by atoms with Crippen LogP contribution in [0.25, 0.3) is 10.9 Å². The summed E-state index contributed by atoms with van der Waals surface area (Å²) < 4.78 is 2.06. The summed E-state index contributed by atoms with van der Waals surface area (Å²) in [5.74, 6) is -0.485. The van der Waals surface area contributed by atoms with Crippen molar-refractivity contribution in [3.05, 3.63) is 106 Å². The van der Waals surface area contributed by atoms with Crippen LogP contribution in [0.1, 0.15) is 53.9 Å². The molecular weight excluding hydrogens is 450 g/mol. The first kappa shape index (κ1) is 22.4. The van der Waals surface area contributed by atoms with Gasteiger partial charge in [0.25, 0.3) is 11.8 Å². The number of aromatic nitrogens is 1. The zero-order valence-electron chi connectivity index (χ0n) is 20.4. The van der Waals surface area contributed by atoms with Gasteiger partial charge in [0.1, 0.15) is 0 Å². The number of fused-ring (bicyclic) bond motifs is 3. The molecule has 0 unspecified atom stereocenters. The Morgan fingerprint density at radius 2 is 1.53 bits per heavy atom. The van der Waals surface area contributed by atoms with Crippen LogP contribution >= 0.6 is 0 Å². The summed E-state index contributed by atoms with van der Waals surface area (Å²) in [5, 5.41) is 0.955. The van der Waals surface area contributed by atoms with Crippen LogP contribution in [0.5, 0.6) is 0 Å². The molecule has 6 heteroatoms.